The Kier molecular flexibility index (Phi) is 2.09. The Morgan fingerprint density at radius 3 is 2.67 bits per heavy atom. The number of likely N-dealkylation sites (N-methyl/N-ethyl adjacent to an activating group) is 1. The van der Waals surface area contributed by atoms with Crippen LogP contribution in [-0.2, 0) is 0 Å². The molecule has 0 radical (unpaired) electrons. The SMILES string of the molecule is CC1CCN(C)C[C@@H]1O. The van der Waals surface area contributed by atoms with E-state index in [9.17, 15) is 5.11 Å². The van der Waals surface area contributed by atoms with Gasteiger partial charge in [-0.05, 0) is 25.9 Å². The van der Waals surface area contributed by atoms with Gasteiger partial charge >= 0.3 is 0 Å². The van der Waals surface area contributed by atoms with Crippen LogP contribution in [0.3, 0.4) is 0 Å². The summed E-state index contributed by atoms with van der Waals surface area (Å²) in [6, 6.07) is 0. The van der Waals surface area contributed by atoms with Gasteiger partial charge in [0.25, 0.3) is 0 Å². The molecule has 54 valence electrons. The summed E-state index contributed by atoms with van der Waals surface area (Å²) in [5.74, 6) is 0.501. The second-order valence-corrected chi connectivity index (χ2v) is 3.10. The van der Waals surface area contributed by atoms with Crippen LogP contribution in [0.2, 0.25) is 0 Å². The molecule has 0 aromatic heterocycles. The molecule has 1 rings (SSSR count). The number of hydrogen-bond acceptors (Lipinski definition) is 2. The maximum atomic E-state index is 9.31. The molecule has 1 heterocycles. The molecule has 2 nitrogen and oxygen atoms in total. The molecule has 0 bridgehead atoms. The first-order valence-corrected chi connectivity index (χ1v) is 3.57. The fraction of sp³-hybridized carbons (Fsp3) is 1.00. The van der Waals surface area contributed by atoms with Crippen molar-refractivity contribution in [2.75, 3.05) is 20.1 Å². The monoisotopic (exact) mass is 129 g/mol. The zero-order valence-corrected chi connectivity index (χ0v) is 6.17. The average molecular weight is 129 g/mol. The van der Waals surface area contributed by atoms with Crippen molar-refractivity contribution in [3.63, 3.8) is 0 Å². The van der Waals surface area contributed by atoms with Crippen molar-refractivity contribution in [3.8, 4) is 0 Å². The van der Waals surface area contributed by atoms with Crippen LogP contribution in [0, 0.1) is 5.92 Å². The molecule has 0 saturated carbocycles. The molecule has 1 saturated heterocycles. The van der Waals surface area contributed by atoms with Gasteiger partial charge in [0.05, 0.1) is 6.10 Å². The Morgan fingerprint density at radius 1 is 1.56 bits per heavy atom. The van der Waals surface area contributed by atoms with Crippen molar-refractivity contribution in [2.45, 2.75) is 19.4 Å². The predicted molar refractivity (Wildman–Crippen MR) is 37.3 cm³/mol. The van der Waals surface area contributed by atoms with Gasteiger partial charge in [-0.1, -0.05) is 6.92 Å². The van der Waals surface area contributed by atoms with Gasteiger partial charge in [-0.15, -0.1) is 0 Å². The van der Waals surface area contributed by atoms with Crippen molar-refractivity contribution in [2.24, 2.45) is 5.92 Å². The van der Waals surface area contributed by atoms with Crippen molar-refractivity contribution < 1.29 is 5.11 Å². The van der Waals surface area contributed by atoms with Gasteiger partial charge in [0.2, 0.25) is 0 Å². The van der Waals surface area contributed by atoms with E-state index in [1.807, 2.05) is 0 Å². The predicted octanol–water partition coefficient (Wildman–Crippen LogP) is 0.319. The van der Waals surface area contributed by atoms with Gasteiger partial charge in [-0.2, -0.15) is 0 Å². The molecule has 0 aromatic carbocycles. The molecule has 1 N–H and O–H groups in total. The summed E-state index contributed by atoms with van der Waals surface area (Å²) in [6.07, 6.45) is 1.04. The first-order valence-electron chi connectivity index (χ1n) is 3.57. The van der Waals surface area contributed by atoms with E-state index in [0.29, 0.717) is 5.92 Å². The number of likely N-dealkylation sites (tertiary alicyclic amines) is 1. The third kappa shape index (κ3) is 1.66. The summed E-state index contributed by atoms with van der Waals surface area (Å²) in [5, 5.41) is 9.31. The fourth-order valence-corrected chi connectivity index (χ4v) is 1.21. The standard InChI is InChI=1S/C7H15NO/c1-6-3-4-8(2)5-7(6)9/h6-7,9H,3-5H2,1-2H3/t6?,7-/m0/s1. The molecular formula is C7H15NO. The Balaban J connectivity index is 2.35. The maximum absolute atomic E-state index is 9.31. The molecule has 0 aromatic rings. The summed E-state index contributed by atoms with van der Waals surface area (Å²) in [4.78, 5) is 2.17. The molecule has 1 aliphatic heterocycles. The first kappa shape index (κ1) is 7.03. The van der Waals surface area contributed by atoms with E-state index in [4.69, 9.17) is 0 Å². The summed E-state index contributed by atoms with van der Waals surface area (Å²) in [5.41, 5.74) is 0. The maximum Gasteiger partial charge on any atom is 0.0692 e. The highest BCUT2D eigenvalue weighted by Crippen LogP contribution is 2.14. The van der Waals surface area contributed by atoms with Crippen LogP contribution >= 0.6 is 0 Å². The third-order valence-corrected chi connectivity index (χ3v) is 2.12. The molecule has 9 heavy (non-hydrogen) atoms. The Morgan fingerprint density at radius 2 is 2.22 bits per heavy atom. The van der Waals surface area contributed by atoms with Crippen molar-refractivity contribution in [1.82, 2.24) is 4.90 Å². The van der Waals surface area contributed by atoms with E-state index in [1.165, 1.54) is 0 Å². The minimum absolute atomic E-state index is 0.0938. The summed E-state index contributed by atoms with van der Waals surface area (Å²) in [7, 11) is 2.05. The second-order valence-electron chi connectivity index (χ2n) is 3.10. The highest BCUT2D eigenvalue weighted by molar-refractivity contribution is 4.74. The van der Waals surface area contributed by atoms with Crippen LogP contribution < -0.4 is 0 Å². The van der Waals surface area contributed by atoms with E-state index in [-0.39, 0.29) is 6.10 Å². The molecule has 2 heteroatoms. The molecule has 0 spiro atoms. The van der Waals surface area contributed by atoms with E-state index in [2.05, 4.69) is 18.9 Å². The van der Waals surface area contributed by atoms with E-state index < -0.39 is 0 Å². The molecular weight excluding hydrogens is 114 g/mol. The topological polar surface area (TPSA) is 23.5 Å². The van der Waals surface area contributed by atoms with Gasteiger partial charge < -0.3 is 10.0 Å². The molecule has 1 fully saturated rings. The average Bonchev–Trinajstić information content (AvgIpc) is 1.80. The number of nitrogens with zero attached hydrogens (tertiary/aromatic N) is 1. The van der Waals surface area contributed by atoms with Gasteiger partial charge in [-0.3, -0.25) is 0 Å². The number of β-amino-alcohol motifs (C(OH)–C–C–N with tert-alkyl or cyclic N) is 1. The lowest BCUT2D eigenvalue weighted by molar-refractivity contribution is 0.0404. The molecule has 0 amide bonds. The highest BCUT2D eigenvalue weighted by atomic mass is 16.3. The lowest BCUT2D eigenvalue weighted by atomic mass is 9.97. The zero-order valence-electron chi connectivity index (χ0n) is 6.17. The number of aliphatic hydroxyl groups is 1. The van der Waals surface area contributed by atoms with E-state index in [0.717, 1.165) is 19.5 Å². The van der Waals surface area contributed by atoms with Crippen LogP contribution in [0.25, 0.3) is 0 Å². The molecule has 1 aliphatic rings. The Bertz CT molecular complexity index is 94.9. The minimum atomic E-state index is -0.0938. The minimum Gasteiger partial charge on any atom is -0.392 e. The highest BCUT2D eigenvalue weighted by Gasteiger charge is 2.21. The molecule has 1 unspecified atom stereocenters. The first-order chi connectivity index (χ1) is 4.20. The zero-order chi connectivity index (χ0) is 6.85. The lowest BCUT2D eigenvalue weighted by Crippen LogP contribution is -2.40. The second kappa shape index (κ2) is 2.67. The van der Waals surface area contributed by atoms with E-state index in [1.54, 1.807) is 0 Å². The summed E-state index contributed by atoms with van der Waals surface area (Å²) in [6.45, 7) is 4.09. The summed E-state index contributed by atoms with van der Waals surface area (Å²) >= 11 is 0. The van der Waals surface area contributed by atoms with Crippen molar-refractivity contribution in [1.29, 1.82) is 0 Å². The van der Waals surface area contributed by atoms with Crippen molar-refractivity contribution >= 4 is 0 Å². The van der Waals surface area contributed by atoms with Gasteiger partial charge in [0, 0.05) is 6.54 Å². The van der Waals surface area contributed by atoms with Gasteiger partial charge in [0.1, 0.15) is 0 Å². The van der Waals surface area contributed by atoms with E-state index >= 15 is 0 Å². The third-order valence-electron chi connectivity index (χ3n) is 2.12. The van der Waals surface area contributed by atoms with Gasteiger partial charge in [-0.25, -0.2) is 0 Å². The number of rotatable bonds is 0. The quantitative estimate of drug-likeness (QED) is 0.509. The number of hydrogen-bond donors (Lipinski definition) is 1. The van der Waals surface area contributed by atoms with Crippen LogP contribution in [0.15, 0.2) is 0 Å². The normalized spacial score (nSPS) is 39.0. The number of piperidine rings is 1. The Hall–Kier alpha value is -0.0800. The van der Waals surface area contributed by atoms with Crippen LogP contribution in [0.1, 0.15) is 13.3 Å². The van der Waals surface area contributed by atoms with Crippen molar-refractivity contribution in [3.05, 3.63) is 0 Å². The van der Waals surface area contributed by atoms with Crippen LogP contribution in [-0.4, -0.2) is 36.2 Å². The van der Waals surface area contributed by atoms with Gasteiger partial charge in [0.15, 0.2) is 0 Å². The van der Waals surface area contributed by atoms with Crippen LogP contribution in [0.5, 0.6) is 0 Å². The largest absolute Gasteiger partial charge is 0.392 e. The smallest absolute Gasteiger partial charge is 0.0692 e. The fourth-order valence-electron chi connectivity index (χ4n) is 1.21. The Labute approximate surface area is 56.5 Å². The van der Waals surface area contributed by atoms with Crippen LogP contribution in [0.4, 0.5) is 0 Å². The molecule has 0 aliphatic carbocycles. The lowest BCUT2D eigenvalue weighted by Gasteiger charge is -2.31. The summed E-state index contributed by atoms with van der Waals surface area (Å²) < 4.78 is 0. The molecule has 2 atom stereocenters. The number of aliphatic hydroxyl groups excluding tert-OH is 1.